The minimum atomic E-state index is -1.01. The van der Waals surface area contributed by atoms with Gasteiger partial charge in [-0.2, -0.15) is 5.10 Å². The van der Waals surface area contributed by atoms with Gasteiger partial charge in [-0.25, -0.2) is 9.48 Å². The van der Waals surface area contributed by atoms with Gasteiger partial charge >= 0.3 is 5.97 Å². The highest BCUT2D eigenvalue weighted by Gasteiger charge is 2.11. The Bertz CT molecular complexity index is 707. The largest absolute Gasteiger partial charge is 0.478 e. The van der Waals surface area contributed by atoms with Crippen LogP contribution in [-0.4, -0.2) is 20.9 Å². The van der Waals surface area contributed by atoms with E-state index in [0.717, 1.165) is 27.6 Å². The van der Waals surface area contributed by atoms with Crippen molar-refractivity contribution in [3.05, 3.63) is 50.7 Å². The lowest BCUT2D eigenvalue weighted by atomic mass is 10.2. The van der Waals surface area contributed by atoms with Crippen LogP contribution in [0.4, 0.5) is 0 Å². The van der Waals surface area contributed by atoms with Crippen LogP contribution in [0.1, 0.15) is 17.0 Å². The second kappa shape index (κ2) is 5.81. The number of hydrogen-bond donors (Lipinski definition) is 1. The Morgan fingerprint density at radius 2 is 2.15 bits per heavy atom. The molecule has 0 spiro atoms. The summed E-state index contributed by atoms with van der Waals surface area (Å²) in [7, 11) is 0. The first-order valence-electron chi connectivity index (χ1n) is 5.83. The SMILES string of the molecule is Cc1nn(-c2ccc(/C=C/C(=O)O)c(Cl)c2)c(C)c1Br. The topological polar surface area (TPSA) is 55.1 Å². The Labute approximate surface area is 129 Å². The molecule has 0 unspecified atom stereocenters. The van der Waals surface area contributed by atoms with Gasteiger partial charge in [0, 0.05) is 11.1 Å². The molecule has 1 N–H and O–H groups in total. The number of hydrogen-bond acceptors (Lipinski definition) is 2. The maximum absolute atomic E-state index is 10.5. The van der Waals surface area contributed by atoms with Gasteiger partial charge in [-0.1, -0.05) is 17.7 Å². The smallest absolute Gasteiger partial charge is 0.328 e. The van der Waals surface area contributed by atoms with Gasteiger partial charge in [0.1, 0.15) is 0 Å². The Balaban J connectivity index is 2.43. The molecular formula is C14H12BrClN2O2. The van der Waals surface area contributed by atoms with Crippen LogP contribution in [0.25, 0.3) is 11.8 Å². The highest BCUT2D eigenvalue weighted by Crippen LogP contribution is 2.26. The first-order chi connectivity index (χ1) is 9.40. The zero-order chi connectivity index (χ0) is 14.9. The first kappa shape index (κ1) is 14.8. The number of halogens is 2. The van der Waals surface area contributed by atoms with Crippen LogP contribution in [0.2, 0.25) is 5.02 Å². The highest BCUT2D eigenvalue weighted by atomic mass is 79.9. The minimum absolute atomic E-state index is 0.476. The molecule has 2 rings (SSSR count). The Hall–Kier alpha value is -1.59. The van der Waals surface area contributed by atoms with Gasteiger partial charge < -0.3 is 5.11 Å². The average Bonchev–Trinajstić information content (AvgIpc) is 2.65. The lowest BCUT2D eigenvalue weighted by Crippen LogP contribution is -1.99. The summed E-state index contributed by atoms with van der Waals surface area (Å²) in [6.07, 6.45) is 2.52. The number of aryl methyl sites for hydroxylation is 1. The fourth-order valence-corrected chi connectivity index (χ4v) is 2.30. The summed E-state index contributed by atoms with van der Waals surface area (Å²) in [5, 5.41) is 13.5. The second-order valence-electron chi connectivity index (χ2n) is 4.27. The molecule has 0 atom stereocenters. The molecule has 0 radical (unpaired) electrons. The molecule has 0 amide bonds. The van der Waals surface area contributed by atoms with E-state index < -0.39 is 5.97 Å². The van der Waals surface area contributed by atoms with Crippen LogP contribution in [0.15, 0.2) is 28.7 Å². The van der Waals surface area contributed by atoms with Gasteiger partial charge in [-0.3, -0.25) is 0 Å². The number of carboxylic acids is 1. The molecule has 104 valence electrons. The molecule has 1 aromatic heterocycles. The van der Waals surface area contributed by atoms with Gasteiger partial charge in [0.25, 0.3) is 0 Å². The minimum Gasteiger partial charge on any atom is -0.478 e. The molecule has 0 saturated carbocycles. The van der Waals surface area contributed by atoms with E-state index in [1.54, 1.807) is 16.8 Å². The molecule has 2 aromatic rings. The second-order valence-corrected chi connectivity index (χ2v) is 5.47. The van der Waals surface area contributed by atoms with Crippen LogP contribution in [0, 0.1) is 13.8 Å². The Morgan fingerprint density at radius 1 is 1.45 bits per heavy atom. The average molecular weight is 356 g/mol. The molecule has 0 fully saturated rings. The van der Waals surface area contributed by atoms with E-state index in [1.165, 1.54) is 6.08 Å². The number of nitrogens with zero attached hydrogens (tertiary/aromatic N) is 2. The molecule has 0 aliphatic heterocycles. The zero-order valence-corrected chi connectivity index (χ0v) is 13.2. The van der Waals surface area contributed by atoms with Crippen molar-refractivity contribution < 1.29 is 9.90 Å². The molecule has 0 aliphatic carbocycles. The summed E-state index contributed by atoms with van der Waals surface area (Å²) < 4.78 is 2.75. The zero-order valence-electron chi connectivity index (χ0n) is 10.9. The quantitative estimate of drug-likeness (QED) is 0.847. The number of carbonyl (C=O) groups is 1. The third-order valence-corrected chi connectivity index (χ3v) is 4.31. The number of carboxylic acid groups (broad SMARTS) is 1. The van der Waals surface area contributed by atoms with E-state index in [0.29, 0.717) is 10.6 Å². The van der Waals surface area contributed by atoms with Crippen LogP contribution in [-0.2, 0) is 4.79 Å². The third-order valence-electron chi connectivity index (χ3n) is 2.84. The highest BCUT2D eigenvalue weighted by molar-refractivity contribution is 9.10. The predicted molar refractivity (Wildman–Crippen MR) is 82.4 cm³/mol. The van der Waals surface area contributed by atoms with E-state index in [-0.39, 0.29) is 0 Å². The summed E-state index contributed by atoms with van der Waals surface area (Å²) >= 11 is 9.64. The van der Waals surface area contributed by atoms with E-state index in [9.17, 15) is 4.79 Å². The molecule has 0 aliphatic rings. The van der Waals surface area contributed by atoms with Crippen molar-refractivity contribution in [1.82, 2.24) is 9.78 Å². The summed E-state index contributed by atoms with van der Waals surface area (Å²) in [5.41, 5.74) is 3.35. The van der Waals surface area contributed by atoms with E-state index in [1.807, 2.05) is 19.9 Å². The molecule has 6 heteroatoms. The van der Waals surface area contributed by atoms with Crippen LogP contribution in [0.3, 0.4) is 0 Å². The van der Waals surface area contributed by atoms with Crippen molar-refractivity contribution in [3.8, 4) is 5.69 Å². The monoisotopic (exact) mass is 354 g/mol. The summed E-state index contributed by atoms with van der Waals surface area (Å²) in [4.78, 5) is 10.5. The number of aliphatic carboxylic acids is 1. The molecule has 1 heterocycles. The standard InChI is InChI=1S/C14H12BrClN2O2/c1-8-14(15)9(2)18(17-8)11-5-3-10(12(16)7-11)4-6-13(19)20/h3-7H,1-2H3,(H,19,20)/b6-4+. The normalized spacial score (nSPS) is 11.2. The summed E-state index contributed by atoms with van der Waals surface area (Å²) in [6.45, 7) is 3.87. The fourth-order valence-electron chi connectivity index (χ4n) is 1.82. The van der Waals surface area contributed by atoms with Gasteiger partial charge in [0.15, 0.2) is 0 Å². The Morgan fingerprint density at radius 3 is 2.65 bits per heavy atom. The lowest BCUT2D eigenvalue weighted by molar-refractivity contribution is -0.131. The van der Waals surface area contributed by atoms with Crippen LogP contribution in [0.5, 0.6) is 0 Å². The van der Waals surface area contributed by atoms with Crippen molar-refractivity contribution in [2.75, 3.05) is 0 Å². The molecule has 0 saturated heterocycles. The van der Waals surface area contributed by atoms with E-state index in [4.69, 9.17) is 16.7 Å². The van der Waals surface area contributed by atoms with E-state index in [2.05, 4.69) is 21.0 Å². The molecule has 1 aromatic carbocycles. The molecule has 20 heavy (non-hydrogen) atoms. The number of rotatable bonds is 3. The van der Waals surface area contributed by atoms with Crippen LogP contribution >= 0.6 is 27.5 Å². The van der Waals surface area contributed by atoms with Crippen molar-refractivity contribution >= 4 is 39.6 Å². The predicted octanol–water partition coefficient (Wildman–Crippen LogP) is 4.00. The van der Waals surface area contributed by atoms with Crippen molar-refractivity contribution in [3.63, 3.8) is 0 Å². The summed E-state index contributed by atoms with van der Waals surface area (Å²) in [5.74, 6) is -1.01. The summed E-state index contributed by atoms with van der Waals surface area (Å²) in [6, 6.07) is 5.37. The molecule has 0 bridgehead atoms. The number of aromatic nitrogens is 2. The first-order valence-corrected chi connectivity index (χ1v) is 7.00. The van der Waals surface area contributed by atoms with E-state index >= 15 is 0 Å². The molecule has 4 nitrogen and oxygen atoms in total. The maximum atomic E-state index is 10.5. The number of benzene rings is 1. The maximum Gasteiger partial charge on any atom is 0.328 e. The Kier molecular flexibility index (Phi) is 4.30. The van der Waals surface area contributed by atoms with Crippen molar-refractivity contribution in [1.29, 1.82) is 0 Å². The molecular weight excluding hydrogens is 344 g/mol. The van der Waals surface area contributed by atoms with Crippen molar-refractivity contribution in [2.24, 2.45) is 0 Å². The lowest BCUT2D eigenvalue weighted by Gasteiger charge is -2.06. The van der Waals surface area contributed by atoms with Gasteiger partial charge in [0.2, 0.25) is 0 Å². The third kappa shape index (κ3) is 2.94. The fraction of sp³-hybridized carbons (Fsp3) is 0.143. The van der Waals surface area contributed by atoms with Gasteiger partial charge in [-0.05, 0) is 53.5 Å². The van der Waals surface area contributed by atoms with Gasteiger partial charge in [-0.15, -0.1) is 0 Å². The van der Waals surface area contributed by atoms with Crippen LogP contribution < -0.4 is 0 Å². The van der Waals surface area contributed by atoms with Gasteiger partial charge in [0.05, 0.1) is 21.5 Å². The van der Waals surface area contributed by atoms with Crippen molar-refractivity contribution in [2.45, 2.75) is 13.8 Å².